The number of benzene rings is 1. The molecule has 3 rings (SSSR count). The third-order valence-electron chi connectivity index (χ3n) is 4.24. The number of hydrogen-bond donors (Lipinski definition) is 0. The summed E-state index contributed by atoms with van der Waals surface area (Å²) in [6.45, 7) is 3.50. The fraction of sp³-hybridized carbons (Fsp3) is 0.571. The first-order valence-corrected chi connectivity index (χ1v) is 6.50. The van der Waals surface area contributed by atoms with Crippen LogP contribution in [0.1, 0.15) is 17.5 Å². The maximum Gasteiger partial charge on any atom is 0.416 e. The van der Waals surface area contributed by atoms with Crippen LogP contribution in [0.3, 0.4) is 0 Å². The summed E-state index contributed by atoms with van der Waals surface area (Å²) in [4.78, 5) is 4.43. The number of halogens is 3. The van der Waals surface area contributed by atoms with E-state index in [9.17, 15) is 13.2 Å². The molecule has 0 aromatic heterocycles. The lowest BCUT2D eigenvalue weighted by atomic mass is 10.1. The summed E-state index contributed by atoms with van der Waals surface area (Å²) in [6, 6.07) is 5.20. The van der Waals surface area contributed by atoms with Crippen LogP contribution in [0.5, 0.6) is 0 Å². The van der Waals surface area contributed by atoms with Gasteiger partial charge in [-0.1, -0.05) is 0 Å². The van der Waals surface area contributed by atoms with Crippen LogP contribution in [-0.4, -0.2) is 37.1 Å². The number of piperazine rings is 1. The maximum atomic E-state index is 12.9. The van der Waals surface area contributed by atoms with Crippen LogP contribution in [0.2, 0.25) is 0 Å². The first kappa shape index (κ1) is 12.8. The molecule has 2 nitrogen and oxygen atoms in total. The Labute approximate surface area is 110 Å². The molecule has 2 atom stereocenters. The smallest absolute Gasteiger partial charge is 0.366 e. The highest BCUT2D eigenvalue weighted by Crippen LogP contribution is 2.37. The molecule has 0 spiro atoms. The molecular weight excluding hydrogens is 253 g/mol. The minimum absolute atomic E-state index is 0.359. The van der Waals surface area contributed by atoms with Crippen molar-refractivity contribution >= 4 is 5.69 Å². The first-order valence-electron chi connectivity index (χ1n) is 6.50. The van der Waals surface area contributed by atoms with Crippen molar-refractivity contribution in [3.05, 3.63) is 29.3 Å². The standard InChI is InChI=1S/C14H17F3N2/c1-9-3-10(14(15,16)17)5-11(4-9)19-8-12-6-13(19)7-18(12)2/h3-5,12-13H,6-8H2,1-2H3/t12?,13-/m0/s1. The fourth-order valence-corrected chi connectivity index (χ4v) is 3.27. The molecule has 2 heterocycles. The van der Waals surface area contributed by atoms with E-state index in [1.54, 1.807) is 6.92 Å². The molecule has 2 fully saturated rings. The highest BCUT2D eigenvalue weighted by Gasteiger charge is 2.42. The van der Waals surface area contributed by atoms with Gasteiger partial charge in [0.15, 0.2) is 0 Å². The van der Waals surface area contributed by atoms with E-state index in [0.29, 0.717) is 23.3 Å². The Morgan fingerprint density at radius 2 is 1.84 bits per heavy atom. The predicted molar refractivity (Wildman–Crippen MR) is 68.4 cm³/mol. The second-order valence-electron chi connectivity index (χ2n) is 5.69. The first-order chi connectivity index (χ1) is 8.84. The van der Waals surface area contributed by atoms with Crippen LogP contribution in [0, 0.1) is 6.92 Å². The van der Waals surface area contributed by atoms with E-state index >= 15 is 0 Å². The lowest BCUT2D eigenvalue weighted by Gasteiger charge is -2.34. The topological polar surface area (TPSA) is 6.48 Å². The Kier molecular flexibility index (Phi) is 2.78. The number of nitrogens with zero attached hydrogens (tertiary/aromatic N) is 2. The summed E-state index contributed by atoms with van der Waals surface area (Å²) in [5, 5.41) is 0. The molecule has 2 aliphatic heterocycles. The molecule has 1 aromatic rings. The van der Waals surface area contributed by atoms with Gasteiger partial charge in [0.05, 0.1) is 5.56 Å². The zero-order valence-corrected chi connectivity index (χ0v) is 11.0. The Bertz CT molecular complexity index is 496. The van der Waals surface area contributed by atoms with Gasteiger partial charge in [0.25, 0.3) is 0 Å². The number of likely N-dealkylation sites (N-methyl/N-ethyl adjacent to an activating group) is 1. The van der Waals surface area contributed by atoms with Gasteiger partial charge in [-0.15, -0.1) is 0 Å². The van der Waals surface area contributed by atoms with Gasteiger partial charge < -0.3 is 4.90 Å². The molecule has 0 aliphatic carbocycles. The van der Waals surface area contributed by atoms with Gasteiger partial charge in [-0.25, -0.2) is 0 Å². The molecule has 0 amide bonds. The van der Waals surface area contributed by atoms with Gasteiger partial charge in [-0.2, -0.15) is 13.2 Å². The van der Waals surface area contributed by atoms with E-state index in [4.69, 9.17) is 0 Å². The molecule has 0 N–H and O–H groups in total. The van der Waals surface area contributed by atoms with Crippen LogP contribution < -0.4 is 4.90 Å². The Morgan fingerprint density at radius 3 is 2.37 bits per heavy atom. The van der Waals surface area contributed by atoms with Gasteiger partial charge in [0, 0.05) is 30.9 Å². The second-order valence-corrected chi connectivity index (χ2v) is 5.69. The van der Waals surface area contributed by atoms with Crippen molar-refractivity contribution in [1.29, 1.82) is 0 Å². The van der Waals surface area contributed by atoms with E-state index in [-0.39, 0.29) is 0 Å². The van der Waals surface area contributed by atoms with Crippen LogP contribution in [0.4, 0.5) is 18.9 Å². The van der Waals surface area contributed by atoms with Crippen LogP contribution in [-0.2, 0) is 6.18 Å². The highest BCUT2D eigenvalue weighted by molar-refractivity contribution is 5.54. The Morgan fingerprint density at radius 1 is 1.11 bits per heavy atom. The number of anilines is 1. The number of aryl methyl sites for hydroxylation is 1. The lowest BCUT2D eigenvalue weighted by Crippen LogP contribution is -2.44. The molecule has 1 unspecified atom stereocenters. The van der Waals surface area contributed by atoms with E-state index in [0.717, 1.165) is 19.5 Å². The minimum atomic E-state index is -4.27. The van der Waals surface area contributed by atoms with E-state index in [1.165, 1.54) is 12.1 Å². The molecule has 0 saturated carbocycles. The average molecular weight is 270 g/mol. The van der Waals surface area contributed by atoms with Crippen LogP contribution in [0.25, 0.3) is 0 Å². The SMILES string of the molecule is Cc1cc(N2CC3C[C@H]2CN3C)cc(C(F)(F)F)c1. The van der Waals surface area contributed by atoms with Crippen molar-refractivity contribution in [3.8, 4) is 0 Å². The van der Waals surface area contributed by atoms with Gasteiger partial charge in [0.1, 0.15) is 0 Å². The third kappa shape index (κ3) is 2.20. The zero-order chi connectivity index (χ0) is 13.8. The molecule has 19 heavy (non-hydrogen) atoms. The molecule has 5 heteroatoms. The maximum absolute atomic E-state index is 12.9. The van der Waals surface area contributed by atoms with Crippen molar-refractivity contribution in [3.63, 3.8) is 0 Å². The Hall–Kier alpha value is -1.23. The minimum Gasteiger partial charge on any atom is -0.366 e. The van der Waals surface area contributed by atoms with Crippen molar-refractivity contribution in [2.75, 3.05) is 25.0 Å². The largest absolute Gasteiger partial charge is 0.416 e. The summed E-state index contributed by atoms with van der Waals surface area (Å²) >= 11 is 0. The van der Waals surface area contributed by atoms with Crippen molar-refractivity contribution in [2.45, 2.75) is 31.6 Å². The van der Waals surface area contributed by atoms with Crippen molar-refractivity contribution < 1.29 is 13.2 Å². The van der Waals surface area contributed by atoms with Crippen molar-refractivity contribution in [2.24, 2.45) is 0 Å². The van der Waals surface area contributed by atoms with E-state index < -0.39 is 11.7 Å². The predicted octanol–water partition coefficient (Wildman–Crippen LogP) is 2.91. The summed E-state index contributed by atoms with van der Waals surface area (Å²) in [5.41, 5.74) is 0.840. The van der Waals surface area contributed by atoms with Gasteiger partial charge in [-0.05, 0) is 44.2 Å². The third-order valence-corrected chi connectivity index (χ3v) is 4.24. The van der Waals surface area contributed by atoms with Gasteiger partial charge in [-0.3, -0.25) is 4.90 Å². The molecule has 1 aromatic carbocycles. The average Bonchev–Trinajstić information content (AvgIpc) is 2.85. The molecular formula is C14H17F3N2. The summed E-state index contributed by atoms with van der Waals surface area (Å²) in [5.74, 6) is 0. The summed E-state index contributed by atoms with van der Waals surface area (Å²) in [7, 11) is 2.08. The number of likely N-dealkylation sites (tertiary alicyclic amines) is 1. The normalized spacial score (nSPS) is 27.3. The van der Waals surface area contributed by atoms with E-state index in [1.807, 2.05) is 6.07 Å². The fourth-order valence-electron chi connectivity index (χ4n) is 3.27. The number of fused-ring (bicyclic) bond motifs is 2. The monoisotopic (exact) mass is 270 g/mol. The van der Waals surface area contributed by atoms with Crippen LogP contribution in [0.15, 0.2) is 18.2 Å². The van der Waals surface area contributed by atoms with Crippen molar-refractivity contribution in [1.82, 2.24) is 4.90 Å². The molecule has 2 aliphatic rings. The molecule has 104 valence electrons. The summed E-state index contributed by atoms with van der Waals surface area (Å²) < 4.78 is 38.6. The molecule has 2 bridgehead atoms. The van der Waals surface area contributed by atoms with E-state index in [2.05, 4.69) is 16.8 Å². The number of hydrogen-bond acceptors (Lipinski definition) is 2. The van der Waals surface area contributed by atoms with Crippen LogP contribution >= 0.6 is 0 Å². The quantitative estimate of drug-likeness (QED) is 0.774. The zero-order valence-electron chi connectivity index (χ0n) is 11.0. The highest BCUT2D eigenvalue weighted by atomic mass is 19.4. The van der Waals surface area contributed by atoms with Gasteiger partial charge >= 0.3 is 6.18 Å². The molecule has 2 saturated heterocycles. The lowest BCUT2D eigenvalue weighted by molar-refractivity contribution is -0.137. The number of alkyl halides is 3. The number of rotatable bonds is 1. The van der Waals surface area contributed by atoms with Gasteiger partial charge in [0.2, 0.25) is 0 Å². The molecule has 0 radical (unpaired) electrons. The summed E-state index contributed by atoms with van der Waals surface area (Å²) in [6.07, 6.45) is -3.21. The second kappa shape index (κ2) is 4.13. The Balaban J connectivity index is 1.92.